The summed E-state index contributed by atoms with van der Waals surface area (Å²) < 4.78 is 15.2. The Morgan fingerprint density at radius 2 is 2.12 bits per heavy atom. The summed E-state index contributed by atoms with van der Waals surface area (Å²) in [7, 11) is 3.01. The number of methoxy groups -OCH3 is 1. The van der Waals surface area contributed by atoms with E-state index in [1.807, 2.05) is 12.1 Å². The minimum atomic E-state index is -0.398. The number of rotatable bonds is 4. The van der Waals surface area contributed by atoms with Crippen molar-refractivity contribution in [2.24, 2.45) is 0 Å². The van der Waals surface area contributed by atoms with Gasteiger partial charge in [0, 0.05) is 12.7 Å². The first-order valence-corrected chi connectivity index (χ1v) is 5.37. The lowest BCUT2D eigenvalue weighted by Crippen LogP contribution is -2.25. The van der Waals surface area contributed by atoms with Gasteiger partial charge < -0.3 is 14.2 Å². The van der Waals surface area contributed by atoms with Crippen LogP contribution in [0.5, 0.6) is 5.75 Å². The van der Waals surface area contributed by atoms with Gasteiger partial charge in [0.15, 0.2) is 0 Å². The van der Waals surface area contributed by atoms with E-state index >= 15 is 0 Å². The molecule has 17 heavy (non-hydrogen) atoms. The lowest BCUT2D eigenvalue weighted by Gasteiger charge is -2.15. The highest BCUT2D eigenvalue weighted by atomic mass is 16.6. The third kappa shape index (κ3) is 3.10. The van der Waals surface area contributed by atoms with Crippen LogP contribution < -0.4 is 9.64 Å². The number of benzene rings is 1. The third-order valence-electron chi connectivity index (χ3n) is 2.51. The highest BCUT2D eigenvalue weighted by Gasteiger charge is 2.23. The zero-order valence-electron chi connectivity index (χ0n) is 9.88. The maximum Gasteiger partial charge on any atom is 0.413 e. The maximum absolute atomic E-state index is 11.3. The fraction of sp³-hybridized carbons (Fsp3) is 0.417. The van der Waals surface area contributed by atoms with Crippen molar-refractivity contribution in [3.05, 3.63) is 24.3 Å². The molecule has 0 bridgehead atoms. The second-order valence-electron chi connectivity index (χ2n) is 3.79. The molecule has 0 aliphatic carbocycles. The smallest absolute Gasteiger partial charge is 0.413 e. The van der Waals surface area contributed by atoms with Gasteiger partial charge in [0.1, 0.15) is 18.5 Å². The van der Waals surface area contributed by atoms with E-state index < -0.39 is 6.09 Å². The summed E-state index contributed by atoms with van der Waals surface area (Å²) in [4.78, 5) is 12.7. The van der Waals surface area contributed by atoms with Gasteiger partial charge in [-0.15, -0.1) is 0 Å². The molecule has 1 aromatic rings. The van der Waals surface area contributed by atoms with E-state index in [9.17, 15) is 4.79 Å². The summed E-state index contributed by atoms with van der Waals surface area (Å²) >= 11 is 0. The Hall–Kier alpha value is -1.75. The molecule has 1 aliphatic heterocycles. The van der Waals surface area contributed by atoms with Crippen LogP contribution in [0.3, 0.4) is 0 Å². The molecule has 0 spiro atoms. The number of amides is 1. The highest BCUT2D eigenvalue weighted by molar-refractivity contribution is 5.86. The summed E-state index contributed by atoms with van der Waals surface area (Å²) in [6.45, 7) is 1.36. The summed E-state index contributed by atoms with van der Waals surface area (Å²) in [5.74, 6) is 0.766. The van der Waals surface area contributed by atoms with Crippen molar-refractivity contribution in [2.45, 2.75) is 6.10 Å². The van der Waals surface area contributed by atoms with Gasteiger partial charge in [0.2, 0.25) is 0 Å². The Bertz CT molecular complexity index is 386. The third-order valence-corrected chi connectivity index (χ3v) is 2.51. The SMILES string of the molecule is COC(=O)N(C)c1ccc(OCC2CO2)cc1. The van der Waals surface area contributed by atoms with Crippen LogP contribution in [-0.4, -0.2) is 39.6 Å². The molecule has 1 atom stereocenters. The number of nitrogens with zero attached hydrogens (tertiary/aromatic N) is 1. The summed E-state index contributed by atoms with van der Waals surface area (Å²) in [5.41, 5.74) is 0.756. The monoisotopic (exact) mass is 237 g/mol. The van der Waals surface area contributed by atoms with Gasteiger partial charge in [-0.2, -0.15) is 0 Å². The molecule has 0 saturated carbocycles. The first-order chi connectivity index (χ1) is 8.20. The Labute approximate surface area is 99.9 Å². The van der Waals surface area contributed by atoms with E-state index in [0.717, 1.165) is 18.0 Å². The van der Waals surface area contributed by atoms with Gasteiger partial charge in [-0.1, -0.05) is 0 Å². The molecule has 1 fully saturated rings. The van der Waals surface area contributed by atoms with Gasteiger partial charge in [-0.05, 0) is 24.3 Å². The van der Waals surface area contributed by atoms with E-state index in [0.29, 0.717) is 6.61 Å². The van der Waals surface area contributed by atoms with Crippen LogP contribution >= 0.6 is 0 Å². The zero-order chi connectivity index (χ0) is 12.3. The quantitative estimate of drug-likeness (QED) is 0.747. The van der Waals surface area contributed by atoms with E-state index in [4.69, 9.17) is 9.47 Å². The molecule has 5 nitrogen and oxygen atoms in total. The average molecular weight is 237 g/mol. The highest BCUT2D eigenvalue weighted by Crippen LogP contribution is 2.20. The van der Waals surface area contributed by atoms with Crippen LogP contribution in [0.4, 0.5) is 10.5 Å². The molecule has 92 valence electrons. The standard InChI is InChI=1S/C12H15NO4/c1-13(12(14)15-2)9-3-5-10(6-4-9)16-7-11-8-17-11/h3-6,11H,7-8H2,1-2H3. The minimum absolute atomic E-state index is 0.243. The average Bonchev–Trinajstić information content (AvgIpc) is 3.19. The largest absolute Gasteiger partial charge is 0.491 e. The predicted octanol–water partition coefficient (Wildman–Crippen LogP) is 1.67. The van der Waals surface area contributed by atoms with Gasteiger partial charge in [-0.25, -0.2) is 4.79 Å². The number of hydrogen-bond donors (Lipinski definition) is 0. The van der Waals surface area contributed by atoms with Crippen molar-refractivity contribution in [3.8, 4) is 5.75 Å². The lowest BCUT2D eigenvalue weighted by atomic mass is 10.3. The first kappa shape index (κ1) is 11.7. The van der Waals surface area contributed by atoms with Crippen LogP contribution in [-0.2, 0) is 9.47 Å². The molecular weight excluding hydrogens is 222 g/mol. The number of hydrogen-bond acceptors (Lipinski definition) is 4. The number of anilines is 1. The molecule has 5 heteroatoms. The summed E-state index contributed by atoms with van der Waals surface area (Å²) in [5, 5.41) is 0. The molecule has 0 radical (unpaired) electrons. The topological polar surface area (TPSA) is 51.3 Å². The molecule has 2 rings (SSSR count). The van der Waals surface area contributed by atoms with E-state index in [-0.39, 0.29) is 6.10 Å². The van der Waals surface area contributed by atoms with E-state index in [2.05, 4.69) is 4.74 Å². The number of carbonyl (C=O) groups is 1. The maximum atomic E-state index is 11.3. The zero-order valence-corrected chi connectivity index (χ0v) is 9.88. The minimum Gasteiger partial charge on any atom is -0.491 e. The Morgan fingerprint density at radius 1 is 1.47 bits per heavy atom. The Morgan fingerprint density at radius 3 is 2.65 bits per heavy atom. The van der Waals surface area contributed by atoms with Gasteiger partial charge >= 0.3 is 6.09 Å². The van der Waals surface area contributed by atoms with Gasteiger partial charge in [0.05, 0.1) is 13.7 Å². The molecular formula is C12H15NO4. The van der Waals surface area contributed by atoms with Crippen molar-refractivity contribution in [1.29, 1.82) is 0 Å². The van der Waals surface area contributed by atoms with Crippen molar-refractivity contribution in [1.82, 2.24) is 0 Å². The summed E-state index contributed by atoms with van der Waals surface area (Å²) in [6.07, 6.45) is -0.155. The van der Waals surface area contributed by atoms with Crippen molar-refractivity contribution in [3.63, 3.8) is 0 Å². The molecule has 1 saturated heterocycles. The lowest BCUT2D eigenvalue weighted by molar-refractivity contribution is 0.180. The Balaban J connectivity index is 1.93. The van der Waals surface area contributed by atoms with Crippen LogP contribution in [0, 0.1) is 0 Å². The van der Waals surface area contributed by atoms with E-state index in [1.54, 1.807) is 19.2 Å². The molecule has 1 aliphatic rings. The second kappa shape index (κ2) is 5.05. The van der Waals surface area contributed by atoms with Crippen LogP contribution in [0.15, 0.2) is 24.3 Å². The predicted molar refractivity (Wildman–Crippen MR) is 62.5 cm³/mol. The molecule has 1 aromatic carbocycles. The van der Waals surface area contributed by atoms with Crippen molar-refractivity contribution in [2.75, 3.05) is 32.3 Å². The van der Waals surface area contributed by atoms with Crippen LogP contribution in [0.1, 0.15) is 0 Å². The summed E-state index contributed by atoms with van der Waals surface area (Å²) in [6, 6.07) is 7.24. The molecule has 1 amide bonds. The number of ether oxygens (including phenoxy) is 3. The number of epoxide rings is 1. The number of carbonyl (C=O) groups excluding carboxylic acids is 1. The normalized spacial score (nSPS) is 17.4. The fourth-order valence-electron chi connectivity index (χ4n) is 1.36. The molecule has 1 unspecified atom stereocenters. The molecule has 1 heterocycles. The molecule has 0 N–H and O–H groups in total. The van der Waals surface area contributed by atoms with Crippen molar-refractivity contribution >= 4 is 11.8 Å². The Kier molecular flexibility index (Phi) is 3.49. The fourth-order valence-corrected chi connectivity index (χ4v) is 1.36. The van der Waals surface area contributed by atoms with Crippen LogP contribution in [0.2, 0.25) is 0 Å². The van der Waals surface area contributed by atoms with E-state index in [1.165, 1.54) is 12.0 Å². The van der Waals surface area contributed by atoms with Crippen LogP contribution in [0.25, 0.3) is 0 Å². The van der Waals surface area contributed by atoms with Crippen molar-refractivity contribution < 1.29 is 19.0 Å². The first-order valence-electron chi connectivity index (χ1n) is 5.37. The van der Waals surface area contributed by atoms with Gasteiger partial charge in [-0.3, -0.25) is 4.90 Å². The van der Waals surface area contributed by atoms with Gasteiger partial charge in [0.25, 0.3) is 0 Å². The molecule has 0 aromatic heterocycles. The second-order valence-corrected chi connectivity index (χ2v) is 3.79.